The van der Waals surface area contributed by atoms with Gasteiger partial charge in [0.2, 0.25) is 10.0 Å². The van der Waals surface area contributed by atoms with Crippen LogP contribution in [0.4, 0.5) is 32.0 Å². The Labute approximate surface area is 179 Å². The molecule has 15 heteroatoms. The van der Waals surface area contributed by atoms with E-state index in [0.29, 0.717) is 17.6 Å². The Kier molecular flexibility index (Phi) is 6.79. The summed E-state index contributed by atoms with van der Waals surface area (Å²) >= 11 is 2.70. The third-order valence-corrected chi connectivity index (χ3v) is 6.75. The Bertz CT molecular complexity index is 1200. The van der Waals surface area contributed by atoms with E-state index >= 15 is 0 Å². The zero-order chi connectivity index (χ0) is 23.9. The molecule has 0 aliphatic heterocycles. The summed E-state index contributed by atoms with van der Waals surface area (Å²) in [6.45, 7) is 0.490. The van der Waals surface area contributed by atoms with E-state index in [0.717, 1.165) is 13.1 Å². The van der Waals surface area contributed by atoms with Crippen LogP contribution >= 0.6 is 15.9 Å². The van der Waals surface area contributed by atoms with Crippen LogP contribution in [-0.2, 0) is 17.1 Å². The maximum Gasteiger partial charge on any atom is 0.404 e. The van der Waals surface area contributed by atoms with Gasteiger partial charge in [0.05, 0.1) is 5.69 Å². The topological polar surface area (TPSA) is 104 Å². The average Bonchev–Trinajstić information content (AvgIpc) is 2.86. The van der Waals surface area contributed by atoms with Crippen LogP contribution in [-0.4, -0.2) is 31.1 Å². The van der Waals surface area contributed by atoms with Gasteiger partial charge in [-0.3, -0.25) is 4.79 Å². The number of nitrogens with one attached hydrogen (secondary N) is 2. The van der Waals surface area contributed by atoms with E-state index in [2.05, 4.69) is 15.9 Å². The lowest BCUT2D eigenvalue weighted by Gasteiger charge is -2.17. The highest BCUT2D eigenvalue weighted by Gasteiger charge is 2.41. The molecular formula is C16H11BrF6N4O3S. The molecule has 168 valence electrons. The van der Waals surface area contributed by atoms with Crippen molar-refractivity contribution in [2.75, 3.05) is 5.32 Å². The molecule has 2 rings (SSSR count). The predicted molar refractivity (Wildman–Crippen MR) is 97.9 cm³/mol. The molecule has 1 heterocycles. The third-order valence-electron chi connectivity index (χ3n) is 3.98. The summed E-state index contributed by atoms with van der Waals surface area (Å²) < 4.78 is 106. The molecule has 1 aromatic heterocycles. The summed E-state index contributed by atoms with van der Waals surface area (Å²) in [6, 6.07) is 0.0644. The number of nitriles is 1. The van der Waals surface area contributed by atoms with Crippen molar-refractivity contribution in [3.8, 4) is 6.07 Å². The van der Waals surface area contributed by atoms with Gasteiger partial charge < -0.3 is 9.88 Å². The van der Waals surface area contributed by atoms with Gasteiger partial charge in [0.15, 0.2) is 16.5 Å². The van der Waals surface area contributed by atoms with E-state index < -0.39 is 72.0 Å². The molecule has 1 amide bonds. The van der Waals surface area contributed by atoms with Gasteiger partial charge in [-0.25, -0.2) is 21.6 Å². The van der Waals surface area contributed by atoms with Crippen LogP contribution < -0.4 is 10.0 Å². The lowest BCUT2D eigenvalue weighted by atomic mass is 10.2. The number of carbonyl (C=O) groups is 1. The van der Waals surface area contributed by atoms with Crippen molar-refractivity contribution in [2.24, 2.45) is 7.05 Å². The highest BCUT2D eigenvalue weighted by atomic mass is 79.9. The second-order valence-electron chi connectivity index (χ2n) is 6.08. The van der Waals surface area contributed by atoms with E-state index in [-0.39, 0.29) is 0 Å². The lowest BCUT2D eigenvalue weighted by molar-refractivity contribution is -0.147. The molecular weight excluding hydrogens is 522 g/mol. The fourth-order valence-corrected chi connectivity index (χ4v) is 4.77. The van der Waals surface area contributed by atoms with E-state index in [1.807, 2.05) is 5.32 Å². The number of aromatic nitrogens is 1. The molecule has 0 radical (unpaired) electrons. The zero-order valence-electron chi connectivity index (χ0n) is 15.4. The number of sulfonamides is 1. The Morgan fingerprint density at radius 2 is 1.81 bits per heavy atom. The molecule has 0 saturated carbocycles. The molecule has 2 aromatic rings. The second kappa shape index (κ2) is 8.52. The monoisotopic (exact) mass is 532 g/mol. The molecule has 0 saturated heterocycles. The number of hydrogen-bond donors (Lipinski definition) is 2. The minimum absolute atomic E-state index is 0.490. The van der Waals surface area contributed by atoms with Crippen LogP contribution in [0.3, 0.4) is 0 Å². The summed E-state index contributed by atoms with van der Waals surface area (Å²) in [6.07, 6.45) is -4.97. The minimum Gasteiger partial charge on any atom is -0.331 e. The van der Waals surface area contributed by atoms with Crippen LogP contribution in [0.1, 0.15) is 23.0 Å². The normalized spacial score (nSPS) is 13.0. The first-order valence-corrected chi connectivity index (χ1v) is 10.2. The summed E-state index contributed by atoms with van der Waals surface area (Å²) in [5.74, 6) is -5.82. The first-order chi connectivity index (χ1) is 14.1. The number of hydrogen-bond acceptors (Lipinski definition) is 4. The molecule has 0 aliphatic rings. The second-order valence-corrected chi connectivity index (χ2v) is 8.48. The van der Waals surface area contributed by atoms with Gasteiger partial charge in [0.1, 0.15) is 33.8 Å². The first-order valence-electron chi connectivity index (χ1n) is 7.95. The molecule has 0 spiro atoms. The maximum absolute atomic E-state index is 14.8. The Morgan fingerprint density at radius 3 is 2.32 bits per heavy atom. The van der Waals surface area contributed by atoms with Crippen molar-refractivity contribution in [1.29, 1.82) is 5.26 Å². The van der Waals surface area contributed by atoms with Gasteiger partial charge in [-0.05, 0) is 35.0 Å². The van der Waals surface area contributed by atoms with Crippen molar-refractivity contribution in [1.82, 2.24) is 9.29 Å². The minimum atomic E-state index is -5.10. The van der Waals surface area contributed by atoms with Gasteiger partial charge in [-0.2, -0.15) is 23.2 Å². The average molecular weight is 533 g/mol. The van der Waals surface area contributed by atoms with Crippen LogP contribution in [0.2, 0.25) is 0 Å². The quantitative estimate of drug-likeness (QED) is 0.574. The fraction of sp³-hybridized carbons (Fsp3) is 0.250. The number of carbonyl (C=O) groups excluding carboxylic acids is 1. The van der Waals surface area contributed by atoms with Crippen molar-refractivity contribution in [3.63, 3.8) is 0 Å². The van der Waals surface area contributed by atoms with Crippen molar-refractivity contribution >= 4 is 37.5 Å². The number of halogens is 7. The number of alkyl halides is 3. The lowest BCUT2D eigenvalue weighted by Crippen LogP contribution is -2.43. The molecule has 1 aromatic carbocycles. The van der Waals surface area contributed by atoms with Crippen LogP contribution in [0.25, 0.3) is 0 Å². The summed E-state index contributed by atoms with van der Waals surface area (Å²) in [7, 11) is -4.09. The zero-order valence-corrected chi connectivity index (χ0v) is 17.8. The van der Waals surface area contributed by atoms with Gasteiger partial charge >= 0.3 is 6.18 Å². The van der Waals surface area contributed by atoms with Crippen LogP contribution in [0, 0.1) is 28.8 Å². The largest absolute Gasteiger partial charge is 0.404 e. The number of anilines is 1. The van der Waals surface area contributed by atoms with Gasteiger partial charge in [0, 0.05) is 7.05 Å². The predicted octanol–water partition coefficient (Wildman–Crippen LogP) is 3.56. The number of amides is 1. The first kappa shape index (κ1) is 24.7. The molecule has 2 N–H and O–H groups in total. The number of rotatable bonds is 5. The Morgan fingerprint density at radius 1 is 1.23 bits per heavy atom. The van der Waals surface area contributed by atoms with E-state index in [9.17, 15) is 39.6 Å². The van der Waals surface area contributed by atoms with Crippen molar-refractivity contribution in [2.45, 2.75) is 24.0 Å². The molecule has 0 bridgehead atoms. The third kappa shape index (κ3) is 4.70. The molecule has 31 heavy (non-hydrogen) atoms. The molecule has 1 unspecified atom stereocenters. The Balaban J connectivity index is 2.50. The van der Waals surface area contributed by atoms with Crippen LogP contribution in [0.5, 0.6) is 0 Å². The van der Waals surface area contributed by atoms with Gasteiger partial charge in [-0.15, -0.1) is 0 Å². The van der Waals surface area contributed by atoms with E-state index in [1.165, 1.54) is 10.8 Å². The van der Waals surface area contributed by atoms with Gasteiger partial charge in [0.25, 0.3) is 5.91 Å². The van der Waals surface area contributed by atoms with E-state index in [1.54, 1.807) is 0 Å². The molecule has 0 fully saturated rings. The molecule has 7 nitrogen and oxygen atoms in total. The standard InChI is InChI=1S/C16H11BrF6N4O3S/c1-6(16(21,22)23)26-31(29,30)13-11(20)12(27(2)14(13)17)15(28)25-9-4-3-8(18)7(5-24)10(9)19/h3-4,6,26H,1-2H3,(H,25,28). The fourth-order valence-electron chi connectivity index (χ4n) is 2.37. The number of benzene rings is 1. The van der Waals surface area contributed by atoms with Crippen molar-refractivity contribution in [3.05, 3.63) is 45.4 Å². The molecule has 0 aliphatic carbocycles. The summed E-state index contributed by atoms with van der Waals surface area (Å²) in [5.41, 5.74) is -2.73. The smallest absolute Gasteiger partial charge is 0.331 e. The molecule has 1 atom stereocenters. The highest BCUT2D eigenvalue weighted by Crippen LogP contribution is 2.32. The highest BCUT2D eigenvalue weighted by molar-refractivity contribution is 9.10. The summed E-state index contributed by atoms with van der Waals surface area (Å²) in [5, 5.41) is 10.6. The van der Waals surface area contributed by atoms with Crippen LogP contribution in [0.15, 0.2) is 21.6 Å². The number of nitrogens with zero attached hydrogens (tertiary/aromatic N) is 2. The SMILES string of the molecule is CC(NS(=O)(=O)c1c(F)c(C(=O)Nc2ccc(F)c(C#N)c2F)n(C)c1Br)C(F)(F)F. The van der Waals surface area contributed by atoms with Crippen molar-refractivity contribution < 1.29 is 39.6 Å². The Hall–Kier alpha value is -2.57. The summed E-state index contributed by atoms with van der Waals surface area (Å²) in [4.78, 5) is 11.2. The maximum atomic E-state index is 14.8. The van der Waals surface area contributed by atoms with Gasteiger partial charge in [-0.1, -0.05) is 0 Å². The van der Waals surface area contributed by atoms with E-state index in [4.69, 9.17) is 5.26 Å².